The first-order chi connectivity index (χ1) is 9.71. The van der Waals surface area contributed by atoms with Crippen LogP contribution >= 0.6 is 0 Å². The Kier molecular flexibility index (Phi) is 4.13. The van der Waals surface area contributed by atoms with Gasteiger partial charge < -0.3 is 9.67 Å². The maximum absolute atomic E-state index is 10.7. The number of likely N-dealkylation sites (tertiary alicyclic amines) is 1. The van der Waals surface area contributed by atoms with E-state index >= 15 is 0 Å². The van der Waals surface area contributed by atoms with Crippen molar-refractivity contribution in [2.24, 2.45) is 5.92 Å². The van der Waals surface area contributed by atoms with Gasteiger partial charge in [-0.2, -0.15) is 0 Å². The summed E-state index contributed by atoms with van der Waals surface area (Å²) in [4.78, 5) is 6.80. The molecular weight excluding hydrogens is 250 g/mol. The summed E-state index contributed by atoms with van der Waals surface area (Å²) in [5, 5.41) is 10.7. The molecule has 4 nitrogen and oxygen atoms in total. The molecule has 2 aliphatic rings. The smallest absolute Gasteiger partial charge is 0.0948 e. The molecule has 112 valence electrons. The topological polar surface area (TPSA) is 41.3 Å². The molecule has 1 aliphatic carbocycles. The fourth-order valence-electron chi connectivity index (χ4n) is 3.93. The van der Waals surface area contributed by atoms with Crippen LogP contribution < -0.4 is 0 Å². The van der Waals surface area contributed by atoms with E-state index in [0.717, 1.165) is 45.4 Å². The monoisotopic (exact) mass is 277 g/mol. The number of nitrogens with zero attached hydrogens (tertiary/aromatic N) is 3. The van der Waals surface area contributed by atoms with E-state index in [9.17, 15) is 5.11 Å². The van der Waals surface area contributed by atoms with Gasteiger partial charge in [0, 0.05) is 38.3 Å². The summed E-state index contributed by atoms with van der Waals surface area (Å²) in [6.45, 7) is 6.30. The van der Waals surface area contributed by atoms with E-state index < -0.39 is 0 Å². The Labute approximate surface area is 121 Å². The van der Waals surface area contributed by atoms with E-state index in [1.807, 2.05) is 12.5 Å². The minimum atomic E-state index is -0.363. The normalized spacial score (nSPS) is 31.2. The molecule has 3 rings (SSSR count). The third-order valence-electron chi connectivity index (χ3n) is 5.16. The molecule has 4 heteroatoms. The molecule has 0 bridgehead atoms. The quantitative estimate of drug-likeness (QED) is 0.919. The highest BCUT2D eigenvalue weighted by atomic mass is 16.3. The molecule has 0 amide bonds. The standard InChI is InChI=1S/C16H27N3O/c1-2-8-19-13-17-10-15(19)12-18-9-7-16(20)6-4-3-5-14(16)11-18/h10,13-14,20H,2-9,11-12H2,1H3. The molecule has 2 heterocycles. The van der Waals surface area contributed by atoms with Gasteiger partial charge in [-0.1, -0.05) is 19.8 Å². The van der Waals surface area contributed by atoms with Crippen LogP contribution in [0.1, 0.15) is 51.1 Å². The lowest BCUT2D eigenvalue weighted by molar-refractivity contribution is -0.0970. The van der Waals surface area contributed by atoms with Crippen LogP contribution in [0, 0.1) is 5.92 Å². The third kappa shape index (κ3) is 2.77. The first kappa shape index (κ1) is 14.1. The van der Waals surface area contributed by atoms with Gasteiger partial charge in [0.1, 0.15) is 0 Å². The Morgan fingerprint density at radius 3 is 3.15 bits per heavy atom. The van der Waals surface area contributed by atoms with Gasteiger partial charge in [-0.3, -0.25) is 4.90 Å². The first-order valence-electron chi connectivity index (χ1n) is 8.15. The SMILES string of the molecule is CCCn1cncc1CN1CCC2(O)CCCCC2C1. The minimum absolute atomic E-state index is 0.363. The predicted octanol–water partition coefficient (Wildman–Crippen LogP) is 2.42. The number of rotatable bonds is 4. The maximum Gasteiger partial charge on any atom is 0.0948 e. The molecule has 0 aromatic carbocycles. The highest BCUT2D eigenvalue weighted by Gasteiger charge is 2.42. The highest BCUT2D eigenvalue weighted by molar-refractivity contribution is 5.01. The molecule has 2 fully saturated rings. The molecule has 2 unspecified atom stereocenters. The Hall–Kier alpha value is -0.870. The van der Waals surface area contributed by atoms with Crippen LogP contribution in [-0.4, -0.2) is 38.2 Å². The van der Waals surface area contributed by atoms with Crippen LogP contribution in [0.25, 0.3) is 0 Å². The molecule has 1 aromatic rings. The summed E-state index contributed by atoms with van der Waals surface area (Å²) in [7, 11) is 0. The number of imidazole rings is 1. The zero-order valence-electron chi connectivity index (χ0n) is 12.6. The molecular formula is C16H27N3O. The number of fused-ring (bicyclic) bond motifs is 1. The van der Waals surface area contributed by atoms with E-state index in [1.54, 1.807) is 0 Å². The second kappa shape index (κ2) is 5.86. The van der Waals surface area contributed by atoms with E-state index in [1.165, 1.54) is 25.0 Å². The molecule has 1 saturated heterocycles. The van der Waals surface area contributed by atoms with Crippen molar-refractivity contribution in [3.63, 3.8) is 0 Å². The van der Waals surface area contributed by atoms with Crippen molar-refractivity contribution < 1.29 is 5.11 Å². The number of aryl methyl sites for hydroxylation is 1. The van der Waals surface area contributed by atoms with Gasteiger partial charge in [0.15, 0.2) is 0 Å². The van der Waals surface area contributed by atoms with Gasteiger partial charge >= 0.3 is 0 Å². The van der Waals surface area contributed by atoms with Gasteiger partial charge in [-0.15, -0.1) is 0 Å². The minimum Gasteiger partial charge on any atom is -0.390 e. The maximum atomic E-state index is 10.7. The van der Waals surface area contributed by atoms with Gasteiger partial charge in [0.05, 0.1) is 17.6 Å². The van der Waals surface area contributed by atoms with Crippen molar-refractivity contribution in [1.29, 1.82) is 0 Å². The Morgan fingerprint density at radius 1 is 1.40 bits per heavy atom. The van der Waals surface area contributed by atoms with Crippen LogP contribution in [-0.2, 0) is 13.1 Å². The van der Waals surface area contributed by atoms with E-state index in [2.05, 4.69) is 21.4 Å². The third-order valence-corrected chi connectivity index (χ3v) is 5.16. The second-order valence-corrected chi connectivity index (χ2v) is 6.61. The van der Waals surface area contributed by atoms with Gasteiger partial charge in [0.25, 0.3) is 0 Å². The lowest BCUT2D eigenvalue weighted by atomic mass is 9.71. The molecule has 1 saturated carbocycles. The van der Waals surface area contributed by atoms with Crippen molar-refractivity contribution >= 4 is 0 Å². The average molecular weight is 277 g/mol. The number of aliphatic hydroxyl groups is 1. The van der Waals surface area contributed by atoms with Gasteiger partial charge in [-0.25, -0.2) is 4.98 Å². The van der Waals surface area contributed by atoms with Crippen LogP contribution in [0.4, 0.5) is 0 Å². The van der Waals surface area contributed by atoms with E-state index in [0.29, 0.717) is 5.92 Å². The molecule has 2 atom stereocenters. The van der Waals surface area contributed by atoms with Crippen molar-refractivity contribution in [1.82, 2.24) is 14.5 Å². The first-order valence-corrected chi connectivity index (χ1v) is 8.15. The second-order valence-electron chi connectivity index (χ2n) is 6.61. The number of hydrogen-bond acceptors (Lipinski definition) is 3. The highest BCUT2D eigenvalue weighted by Crippen LogP contribution is 2.39. The molecule has 1 aromatic heterocycles. The summed E-state index contributed by atoms with van der Waals surface area (Å²) in [6, 6.07) is 0. The molecule has 1 aliphatic heterocycles. The number of aromatic nitrogens is 2. The van der Waals surface area contributed by atoms with Crippen LogP contribution in [0.3, 0.4) is 0 Å². The van der Waals surface area contributed by atoms with Crippen LogP contribution in [0.2, 0.25) is 0 Å². The number of piperidine rings is 1. The summed E-state index contributed by atoms with van der Waals surface area (Å²) in [6.07, 6.45) is 10.7. The zero-order valence-corrected chi connectivity index (χ0v) is 12.6. The van der Waals surface area contributed by atoms with Crippen molar-refractivity contribution in [3.8, 4) is 0 Å². The summed E-state index contributed by atoms with van der Waals surface area (Å²) in [5.41, 5.74) is 0.950. The predicted molar refractivity (Wildman–Crippen MR) is 79.3 cm³/mol. The molecule has 0 radical (unpaired) electrons. The van der Waals surface area contributed by atoms with E-state index in [4.69, 9.17) is 0 Å². The fourth-order valence-corrected chi connectivity index (χ4v) is 3.93. The Bertz CT molecular complexity index is 445. The summed E-state index contributed by atoms with van der Waals surface area (Å²) in [5.74, 6) is 0.479. The van der Waals surface area contributed by atoms with E-state index in [-0.39, 0.29) is 5.60 Å². The van der Waals surface area contributed by atoms with Crippen molar-refractivity contribution in [2.45, 2.75) is 64.1 Å². The van der Waals surface area contributed by atoms with Crippen LogP contribution in [0.5, 0.6) is 0 Å². The largest absolute Gasteiger partial charge is 0.390 e. The lowest BCUT2D eigenvalue weighted by Gasteiger charge is -2.47. The van der Waals surface area contributed by atoms with Gasteiger partial charge in [0.2, 0.25) is 0 Å². The summed E-state index contributed by atoms with van der Waals surface area (Å²) < 4.78 is 2.27. The Balaban J connectivity index is 1.63. The van der Waals surface area contributed by atoms with Gasteiger partial charge in [-0.05, 0) is 25.7 Å². The van der Waals surface area contributed by atoms with Crippen molar-refractivity contribution in [2.75, 3.05) is 13.1 Å². The molecule has 0 spiro atoms. The summed E-state index contributed by atoms with van der Waals surface area (Å²) >= 11 is 0. The Morgan fingerprint density at radius 2 is 2.30 bits per heavy atom. The lowest BCUT2D eigenvalue weighted by Crippen LogP contribution is -2.53. The number of hydrogen-bond donors (Lipinski definition) is 1. The molecule has 20 heavy (non-hydrogen) atoms. The average Bonchev–Trinajstić information content (AvgIpc) is 2.87. The zero-order chi connectivity index (χ0) is 14.0. The molecule has 1 N–H and O–H groups in total. The van der Waals surface area contributed by atoms with Crippen LogP contribution in [0.15, 0.2) is 12.5 Å². The van der Waals surface area contributed by atoms with Crippen molar-refractivity contribution in [3.05, 3.63) is 18.2 Å². The fraction of sp³-hybridized carbons (Fsp3) is 0.812.